The Labute approximate surface area is 161 Å². The lowest BCUT2D eigenvalue weighted by Gasteiger charge is -2.62. The van der Waals surface area contributed by atoms with E-state index in [1.54, 1.807) is 0 Å². The summed E-state index contributed by atoms with van der Waals surface area (Å²) < 4.78 is 6.58. The Kier molecular flexibility index (Phi) is 4.65. The molecule has 0 aromatic rings. The van der Waals surface area contributed by atoms with Gasteiger partial charge in [-0.15, -0.1) is 0 Å². The zero-order valence-corrected chi connectivity index (χ0v) is 18.6. The lowest BCUT2D eigenvalue weighted by Crippen LogP contribution is -2.59. The zero-order chi connectivity index (χ0) is 19.6. The van der Waals surface area contributed by atoms with E-state index in [0.717, 1.165) is 37.5 Å². The van der Waals surface area contributed by atoms with Gasteiger partial charge in [-0.3, -0.25) is 4.79 Å². The SMILES string of the molecule is CCC12CC3CC(C1)CC(OC(=O)C(C)(CC(C)(C)C)C(C)(C)C)(C3)C2. The van der Waals surface area contributed by atoms with Crippen molar-refractivity contribution in [2.24, 2.45) is 33.5 Å². The van der Waals surface area contributed by atoms with Crippen LogP contribution in [0.25, 0.3) is 0 Å². The zero-order valence-electron chi connectivity index (χ0n) is 18.6. The highest BCUT2D eigenvalue weighted by Crippen LogP contribution is 2.64. The van der Waals surface area contributed by atoms with Gasteiger partial charge in [0, 0.05) is 0 Å². The summed E-state index contributed by atoms with van der Waals surface area (Å²) >= 11 is 0. The molecule has 4 aliphatic carbocycles. The molecular weight excluding hydrogens is 320 g/mol. The predicted octanol–water partition coefficient (Wildman–Crippen LogP) is 6.77. The molecule has 0 aromatic carbocycles. The maximum atomic E-state index is 13.6. The molecule has 0 heterocycles. The minimum absolute atomic E-state index is 0.0631. The van der Waals surface area contributed by atoms with Crippen LogP contribution < -0.4 is 0 Å². The fourth-order valence-corrected chi connectivity index (χ4v) is 6.91. The summed E-state index contributed by atoms with van der Waals surface area (Å²) in [7, 11) is 0. The number of esters is 1. The first kappa shape index (κ1) is 20.2. The summed E-state index contributed by atoms with van der Waals surface area (Å²) in [6.07, 6.45) is 9.59. The molecule has 0 aliphatic heterocycles. The first-order chi connectivity index (χ1) is 11.7. The van der Waals surface area contributed by atoms with Crippen LogP contribution in [0.15, 0.2) is 0 Å². The van der Waals surface area contributed by atoms with Crippen LogP contribution in [0.4, 0.5) is 0 Å². The topological polar surface area (TPSA) is 26.3 Å². The fourth-order valence-electron chi connectivity index (χ4n) is 6.91. The van der Waals surface area contributed by atoms with Crippen LogP contribution in [0.5, 0.6) is 0 Å². The number of hydrogen-bond acceptors (Lipinski definition) is 2. The minimum Gasteiger partial charge on any atom is -0.459 e. The molecule has 2 nitrogen and oxygen atoms in total. The van der Waals surface area contributed by atoms with E-state index in [-0.39, 0.29) is 22.4 Å². The number of carbonyl (C=O) groups is 1. The maximum absolute atomic E-state index is 13.6. The van der Waals surface area contributed by atoms with Crippen molar-refractivity contribution in [1.82, 2.24) is 0 Å². The van der Waals surface area contributed by atoms with Gasteiger partial charge in [0.05, 0.1) is 5.41 Å². The first-order valence-electron chi connectivity index (χ1n) is 11.0. The van der Waals surface area contributed by atoms with Gasteiger partial charge >= 0.3 is 5.97 Å². The molecule has 0 saturated heterocycles. The lowest BCUT2D eigenvalue weighted by atomic mass is 9.47. The van der Waals surface area contributed by atoms with Gasteiger partial charge in [0.15, 0.2) is 0 Å². The van der Waals surface area contributed by atoms with E-state index in [1.807, 2.05) is 0 Å². The standard InChI is InChI=1S/C24H42O2/c1-9-23-11-17-10-18(12-23)14-24(13-17,16-23)26-19(25)22(8,21(5,6)7)15-20(2,3)4/h17-18H,9-16H2,1-8H3. The van der Waals surface area contributed by atoms with Crippen LogP contribution in [-0.4, -0.2) is 11.6 Å². The summed E-state index contributed by atoms with van der Waals surface area (Å²) in [6, 6.07) is 0. The summed E-state index contributed by atoms with van der Waals surface area (Å²) in [5.74, 6) is 1.63. The molecule has 4 saturated carbocycles. The normalized spacial score (nSPS) is 38.9. The molecular formula is C24H42O2. The van der Waals surface area contributed by atoms with Crippen molar-refractivity contribution >= 4 is 5.97 Å². The maximum Gasteiger partial charge on any atom is 0.312 e. The molecule has 150 valence electrons. The van der Waals surface area contributed by atoms with Gasteiger partial charge in [-0.25, -0.2) is 0 Å². The van der Waals surface area contributed by atoms with Gasteiger partial charge in [0.25, 0.3) is 0 Å². The summed E-state index contributed by atoms with van der Waals surface area (Å²) in [5, 5.41) is 0. The Bertz CT molecular complexity index is 548. The molecule has 0 aromatic heterocycles. The largest absolute Gasteiger partial charge is 0.459 e. The number of hydrogen-bond donors (Lipinski definition) is 0. The van der Waals surface area contributed by atoms with Crippen molar-refractivity contribution < 1.29 is 9.53 Å². The average Bonchev–Trinajstić information content (AvgIpc) is 2.42. The van der Waals surface area contributed by atoms with Crippen LogP contribution in [0.1, 0.15) is 107 Å². The van der Waals surface area contributed by atoms with Crippen molar-refractivity contribution in [2.45, 2.75) is 112 Å². The van der Waals surface area contributed by atoms with E-state index < -0.39 is 5.41 Å². The Balaban J connectivity index is 1.86. The van der Waals surface area contributed by atoms with Crippen LogP contribution in [0, 0.1) is 33.5 Å². The fraction of sp³-hybridized carbons (Fsp3) is 0.958. The van der Waals surface area contributed by atoms with E-state index in [1.165, 1.54) is 25.7 Å². The van der Waals surface area contributed by atoms with Gasteiger partial charge in [0.2, 0.25) is 0 Å². The van der Waals surface area contributed by atoms with E-state index in [0.29, 0.717) is 5.41 Å². The average molecular weight is 363 g/mol. The second-order valence-electron chi connectivity index (χ2n) is 12.7. The van der Waals surface area contributed by atoms with Gasteiger partial charge in [-0.05, 0) is 80.0 Å². The van der Waals surface area contributed by atoms with E-state index >= 15 is 0 Å². The van der Waals surface area contributed by atoms with Crippen LogP contribution >= 0.6 is 0 Å². The molecule has 3 unspecified atom stereocenters. The molecule has 4 fully saturated rings. The number of rotatable bonds is 4. The van der Waals surface area contributed by atoms with Crippen molar-refractivity contribution in [1.29, 1.82) is 0 Å². The quantitative estimate of drug-likeness (QED) is 0.516. The Morgan fingerprint density at radius 1 is 0.962 bits per heavy atom. The van der Waals surface area contributed by atoms with E-state index in [2.05, 4.69) is 55.4 Å². The van der Waals surface area contributed by atoms with Crippen LogP contribution in [-0.2, 0) is 9.53 Å². The highest BCUT2D eigenvalue weighted by molar-refractivity contribution is 5.78. The highest BCUT2D eigenvalue weighted by atomic mass is 16.6. The van der Waals surface area contributed by atoms with E-state index in [4.69, 9.17) is 4.74 Å². The van der Waals surface area contributed by atoms with E-state index in [9.17, 15) is 4.79 Å². The summed E-state index contributed by atoms with van der Waals surface area (Å²) in [5.41, 5.74) is -0.169. The Hall–Kier alpha value is -0.530. The molecule has 0 radical (unpaired) electrons. The van der Waals surface area contributed by atoms with Crippen LogP contribution in [0.2, 0.25) is 0 Å². The third-order valence-corrected chi connectivity index (χ3v) is 8.18. The molecule has 26 heavy (non-hydrogen) atoms. The molecule has 4 rings (SSSR count). The molecule has 4 bridgehead atoms. The van der Waals surface area contributed by atoms with Crippen molar-refractivity contribution in [3.63, 3.8) is 0 Å². The predicted molar refractivity (Wildman–Crippen MR) is 108 cm³/mol. The van der Waals surface area contributed by atoms with Crippen molar-refractivity contribution in [3.8, 4) is 0 Å². The van der Waals surface area contributed by atoms with Gasteiger partial charge in [-0.1, -0.05) is 54.9 Å². The number of carbonyl (C=O) groups excluding carboxylic acids is 1. The first-order valence-corrected chi connectivity index (χ1v) is 11.0. The molecule has 2 heteroatoms. The third-order valence-electron chi connectivity index (χ3n) is 8.18. The van der Waals surface area contributed by atoms with Crippen LogP contribution in [0.3, 0.4) is 0 Å². The smallest absolute Gasteiger partial charge is 0.312 e. The summed E-state index contributed by atoms with van der Waals surface area (Å²) in [4.78, 5) is 13.6. The second kappa shape index (κ2) is 5.98. The molecule has 0 spiro atoms. The molecule has 0 N–H and O–H groups in total. The second-order valence-corrected chi connectivity index (χ2v) is 12.7. The molecule has 0 amide bonds. The lowest BCUT2D eigenvalue weighted by molar-refractivity contribution is -0.216. The third kappa shape index (κ3) is 3.47. The van der Waals surface area contributed by atoms with Crippen molar-refractivity contribution in [2.75, 3.05) is 0 Å². The highest BCUT2D eigenvalue weighted by Gasteiger charge is 2.60. The Morgan fingerprint density at radius 3 is 1.92 bits per heavy atom. The van der Waals surface area contributed by atoms with Gasteiger partial charge < -0.3 is 4.74 Å². The van der Waals surface area contributed by atoms with Gasteiger partial charge in [0.1, 0.15) is 5.60 Å². The summed E-state index contributed by atoms with van der Waals surface area (Å²) in [6.45, 7) is 17.8. The minimum atomic E-state index is -0.450. The molecule has 3 atom stereocenters. The molecule has 4 aliphatic rings. The van der Waals surface area contributed by atoms with Crippen molar-refractivity contribution in [3.05, 3.63) is 0 Å². The monoisotopic (exact) mass is 362 g/mol. The Morgan fingerprint density at radius 2 is 1.50 bits per heavy atom. The number of ether oxygens (including phenoxy) is 1. The van der Waals surface area contributed by atoms with Gasteiger partial charge in [-0.2, -0.15) is 0 Å².